The summed E-state index contributed by atoms with van der Waals surface area (Å²) in [6.45, 7) is 0. The van der Waals surface area contributed by atoms with Crippen LogP contribution in [0, 0.1) is 0 Å². The fraction of sp³-hybridized carbons (Fsp3) is 0.120. The number of methoxy groups -OCH3 is 1. The first-order valence-electron chi connectivity index (χ1n) is 10.3. The van der Waals surface area contributed by atoms with Crippen LogP contribution in [-0.2, 0) is 0 Å². The highest BCUT2D eigenvalue weighted by atomic mass is 35.5. The van der Waals surface area contributed by atoms with Crippen LogP contribution in [0.3, 0.4) is 0 Å². The van der Waals surface area contributed by atoms with Gasteiger partial charge in [-0.25, -0.2) is 0 Å². The Labute approximate surface area is 206 Å². The molecule has 1 N–H and O–H groups in total. The minimum absolute atomic E-state index is 0.176. The number of rotatable bonds is 6. The first-order chi connectivity index (χ1) is 16.1. The second-order valence-corrected chi connectivity index (χ2v) is 9.31. The SMILES string of the molecule is COc1cccc(N2C(=S)N[C@H](c3ccccn3)[C@@H]2c2ccc(Sc3ccc(Cl)cc3)o2)c1. The summed E-state index contributed by atoms with van der Waals surface area (Å²) in [6, 6.07) is 25.0. The molecule has 1 saturated heterocycles. The number of halogens is 1. The molecule has 166 valence electrons. The predicted molar refractivity (Wildman–Crippen MR) is 135 cm³/mol. The highest BCUT2D eigenvalue weighted by Crippen LogP contribution is 2.44. The van der Waals surface area contributed by atoms with Crippen LogP contribution >= 0.6 is 35.6 Å². The van der Waals surface area contributed by atoms with Gasteiger partial charge in [0.15, 0.2) is 10.2 Å². The lowest BCUT2D eigenvalue weighted by Gasteiger charge is -2.26. The summed E-state index contributed by atoms with van der Waals surface area (Å²) in [6.07, 6.45) is 1.79. The lowest BCUT2D eigenvalue weighted by atomic mass is 10.0. The smallest absolute Gasteiger partial charge is 0.174 e. The minimum atomic E-state index is -0.223. The van der Waals surface area contributed by atoms with Gasteiger partial charge in [0.1, 0.15) is 17.6 Å². The molecule has 0 amide bonds. The second-order valence-electron chi connectivity index (χ2n) is 7.41. The van der Waals surface area contributed by atoms with Crippen LogP contribution in [0.2, 0.25) is 5.02 Å². The van der Waals surface area contributed by atoms with Gasteiger partial charge in [-0.05, 0) is 72.9 Å². The molecule has 1 aliphatic heterocycles. The number of nitrogens with one attached hydrogen (secondary N) is 1. The van der Waals surface area contributed by atoms with Crippen molar-refractivity contribution in [3.05, 3.63) is 102 Å². The van der Waals surface area contributed by atoms with E-state index in [0.717, 1.165) is 32.9 Å². The van der Waals surface area contributed by atoms with Crippen molar-refractivity contribution in [1.82, 2.24) is 10.3 Å². The number of nitrogens with zero attached hydrogens (tertiary/aromatic N) is 2. The van der Waals surface area contributed by atoms with Gasteiger partial charge in [-0.15, -0.1) is 0 Å². The Hall–Kier alpha value is -3.00. The third kappa shape index (κ3) is 4.57. The third-order valence-electron chi connectivity index (χ3n) is 5.36. The van der Waals surface area contributed by atoms with Crippen molar-refractivity contribution in [3.63, 3.8) is 0 Å². The van der Waals surface area contributed by atoms with Gasteiger partial charge >= 0.3 is 0 Å². The average Bonchev–Trinajstić information content (AvgIpc) is 3.45. The summed E-state index contributed by atoms with van der Waals surface area (Å²) in [4.78, 5) is 7.69. The van der Waals surface area contributed by atoms with Gasteiger partial charge in [0.05, 0.1) is 18.8 Å². The average molecular weight is 494 g/mol. The van der Waals surface area contributed by atoms with Gasteiger partial charge in [-0.1, -0.05) is 35.5 Å². The van der Waals surface area contributed by atoms with Crippen molar-refractivity contribution in [2.45, 2.75) is 22.1 Å². The third-order valence-corrected chi connectivity index (χ3v) is 6.85. The van der Waals surface area contributed by atoms with Gasteiger partial charge < -0.3 is 19.4 Å². The molecule has 0 spiro atoms. The van der Waals surface area contributed by atoms with Gasteiger partial charge in [0.25, 0.3) is 0 Å². The summed E-state index contributed by atoms with van der Waals surface area (Å²) >= 11 is 13.3. The van der Waals surface area contributed by atoms with Crippen LogP contribution < -0.4 is 15.0 Å². The van der Waals surface area contributed by atoms with Crippen LogP contribution in [-0.4, -0.2) is 17.2 Å². The van der Waals surface area contributed by atoms with Gasteiger partial charge in [0.2, 0.25) is 0 Å². The van der Waals surface area contributed by atoms with E-state index in [1.54, 1.807) is 25.1 Å². The first-order valence-corrected chi connectivity index (χ1v) is 11.9. The molecule has 0 bridgehead atoms. The lowest BCUT2D eigenvalue weighted by molar-refractivity contribution is 0.383. The molecule has 0 unspecified atom stereocenters. The Balaban J connectivity index is 1.53. The molecule has 0 saturated carbocycles. The van der Waals surface area contributed by atoms with Crippen molar-refractivity contribution >= 4 is 46.4 Å². The first kappa shape index (κ1) is 21.8. The van der Waals surface area contributed by atoms with Crippen LogP contribution in [0.1, 0.15) is 23.5 Å². The molecule has 2 atom stereocenters. The quantitative estimate of drug-likeness (QED) is 0.301. The van der Waals surface area contributed by atoms with Gasteiger partial charge in [0, 0.05) is 27.9 Å². The number of anilines is 1. The Morgan fingerprint density at radius 2 is 1.91 bits per heavy atom. The van der Waals surface area contributed by atoms with E-state index < -0.39 is 0 Å². The topological polar surface area (TPSA) is 50.5 Å². The van der Waals surface area contributed by atoms with Crippen molar-refractivity contribution in [2.24, 2.45) is 0 Å². The van der Waals surface area contributed by atoms with Crippen LogP contribution in [0.25, 0.3) is 0 Å². The number of furan rings is 1. The predicted octanol–water partition coefficient (Wildman–Crippen LogP) is 6.66. The number of benzene rings is 2. The number of ether oxygens (including phenoxy) is 1. The normalized spacial score (nSPS) is 17.8. The van der Waals surface area contributed by atoms with E-state index in [4.69, 9.17) is 33.0 Å². The van der Waals surface area contributed by atoms with E-state index in [2.05, 4.69) is 15.2 Å². The molecule has 5 rings (SSSR count). The Morgan fingerprint density at radius 1 is 1.06 bits per heavy atom. The highest BCUT2D eigenvalue weighted by Gasteiger charge is 2.42. The minimum Gasteiger partial charge on any atom is -0.497 e. The molecular weight excluding hydrogens is 474 g/mol. The second kappa shape index (κ2) is 9.47. The van der Waals surface area contributed by atoms with Crippen molar-refractivity contribution in [1.29, 1.82) is 0 Å². The number of aromatic nitrogens is 1. The van der Waals surface area contributed by atoms with E-state index >= 15 is 0 Å². The maximum absolute atomic E-state index is 6.34. The van der Waals surface area contributed by atoms with Crippen LogP contribution in [0.15, 0.2) is 99.5 Å². The zero-order chi connectivity index (χ0) is 22.8. The summed E-state index contributed by atoms with van der Waals surface area (Å²) in [5, 5.41) is 5.54. The van der Waals surface area contributed by atoms with Crippen LogP contribution in [0.5, 0.6) is 5.75 Å². The van der Waals surface area contributed by atoms with Gasteiger partial charge in [-0.3, -0.25) is 4.98 Å². The molecule has 1 aliphatic rings. The number of hydrogen-bond donors (Lipinski definition) is 1. The fourth-order valence-electron chi connectivity index (χ4n) is 3.85. The molecule has 8 heteroatoms. The Bertz CT molecular complexity index is 1260. The lowest BCUT2D eigenvalue weighted by Crippen LogP contribution is -2.29. The monoisotopic (exact) mass is 493 g/mol. The molecule has 5 nitrogen and oxygen atoms in total. The molecular formula is C25H20ClN3O2S2. The molecule has 2 aromatic heterocycles. The Morgan fingerprint density at radius 3 is 2.67 bits per heavy atom. The molecule has 2 aromatic carbocycles. The number of thiocarbonyl (C=S) groups is 1. The Kier molecular flexibility index (Phi) is 6.26. The maximum atomic E-state index is 6.34. The largest absolute Gasteiger partial charge is 0.497 e. The molecule has 4 aromatic rings. The summed E-state index contributed by atoms with van der Waals surface area (Å²) in [7, 11) is 1.65. The maximum Gasteiger partial charge on any atom is 0.174 e. The van der Waals surface area contributed by atoms with Crippen molar-refractivity contribution in [3.8, 4) is 5.75 Å². The summed E-state index contributed by atoms with van der Waals surface area (Å²) < 4.78 is 11.8. The molecule has 0 aliphatic carbocycles. The van der Waals surface area contributed by atoms with Crippen molar-refractivity contribution in [2.75, 3.05) is 12.0 Å². The van der Waals surface area contributed by atoms with E-state index in [0.29, 0.717) is 10.1 Å². The number of hydrogen-bond acceptors (Lipinski definition) is 5. The highest BCUT2D eigenvalue weighted by molar-refractivity contribution is 7.99. The number of pyridine rings is 1. The van der Waals surface area contributed by atoms with E-state index in [1.807, 2.05) is 78.9 Å². The molecule has 1 fully saturated rings. The van der Waals surface area contributed by atoms with Gasteiger partial charge in [-0.2, -0.15) is 0 Å². The van der Waals surface area contributed by atoms with E-state index in [-0.39, 0.29) is 12.1 Å². The van der Waals surface area contributed by atoms with E-state index in [1.165, 1.54) is 0 Å². The zero-order valence-corrected chi connectivity index (χ0v) is 20.0. The molecule has 3 heterocycles. The van der Waals surface area contributed by atoms with Crippen LogP contribution in [0.4, 0.5) is 5.69 Å². The fourth-order valence-corrected chi connectivity index (χ4v) is 5.10. The molecule has 0 radical (unpaired) electrons. The standard InChI is InChI=1S/C25H20ClN3O2S2/c1-30-18-6-4-5-17(15-18)29-24(23(28-25(29)32)20-7-2-3-14-27-20)21-12-13-22(31-21)33-19-10-8-16(26)9-11-19/h2-15,23-24H,1H3,(H,28,32)/t23-,24+/m1/s1. The van der Waals surface area contributed by atoms with E-state index in [9.17, 15) is 0 Å². The summed E-state index contributed by atoms with van der Waals surface area (Å²) in [5.74, 6) is 1.55. The summed E-state index contributed by atoms with van der Waals surface area (Å²) in [5.41, 5.74) is 1.80. The molecule has 33 heavy (non-hydrogen) atoms. The zero-order valence-electron chi connectivity index (χ0n) is 17.6. The van der Waals surface area contributed by atoms with Crippen molar-refractivity contribution < 1.29 is 9.15 Å².